The van der Waals surface area contributed by atoms with Gasteiger partial charge in [-0.05, 0) is 58.0 Å². The molecular weight excluding hydrogens is 644 g/mol. The topological polar surface area (TPSA) is 141 Å². The molecule has 2 atom stereocenters. The standard InChI is InChI=1S/C32H37FN7O5PS/c1-31(2,3)44-29(41)38-27-16(11-34)22-24(35-13-20(33)26(22)47-27)21-19-15-43-14-18(19)17-12-36-28(37-23(17)25(21)46)39-7-9-40(10-8-39)30(42)45-32(4,5)6/h12-13,23H,7-10,14-15,46H2,1-6H3,(H,36,37)(H,38,41). The summed E-state index contributed by atoms with van der Waals surface area (Å²) in [5, 5.41) is 17.5. The summed E-state index contributed by atoms with van der Waals surface area (Å²) in [5.74, 6) is 0.0634. The smallest absolute Gasteiger partial charge is 0.412 e. The predicted molar refractivity (Wildman–Crippen MR) is 180 cm³/mol. The number of aliphatic imine (C=N–C) groups is 1. The van der Waals surface area contributed by atoms with Crippen molar-refractivity contribution in [3.05, 3.63) is 51.5 Å². The molecule has 0 bridgehead atoms. The number of hydrogen-bond acceptors (Lipinski definition) is 11. The molecule has 47 heavy (non-hydrogen) atoms. The van der Waals surface area contributed by atoms with Crippen molar-refractivity contribution in [2.45, 2.75) is 58.8 Å². The van der Waals surface area contributed by atoms with Crippen molar-refractivity contribution in [2.75, 3.05) is 44.7 Å². The van der Waals surface area contributed by atoms with Crippen LogP contribution in [0.25, 0.3) is 15.7 Å². The third-order valence-electron chi connectivity index (χ3n) is 7.86. The number of pyridine rings is 1. The van der Waals surface area contributed by atoms with Gasteiger partial charge in [0.15, 0.2) is 11.8 Å². The molecule has 4 aliphatic rings. The minimum Gasteiger partial charge on any atom is -0.444 e. The van der Waals surface area contributed by atoms with Crippen LogP contribution in [0.4, 0.5) is 19.0 Å². The average Bonchev–Trinajstić information content (AvgIpc) is 3.62. The number of anilines is 1. The number of fused-ring (bicyclic) bond motifs is 3. The molecule has 0 radical (unpaired) electrons. The number of carbonyl (C=O) groups excluding carboxylic acids is 2. The first-order chi connectivity index (χ1) is 22.1. The van der Waals surface area contributed by atoms with Gasteiger partial charge < -0.3 is 29.3 Å². The van der Waals surface area contributed by atoms with E-state index in [0.29, 0.717) is 62.0 Å². The fraction of sp³-hybridized carbons (Fsp3) is 0.469. The number of amides is 2. The molecule has 3 aliphatic heterocycles. The van der Waals surface area contributed by atoms with E-state index in [1.54, 1.807) is 25.7 Å². The predicted octanol–water partition coefficient (Wildman–Crippen LogP) is 5.35. The zero-order chi connectivity index (χ0) is 33.8. The van der Waals surface area contributed by atoms with Crippen LogP contribution in [0.2, 0.25) is 0 Å². The second kappa shape index (κ2) is 12.2. The van der Waals surface area contributed by atoms with E-state index in [-0.39, 0.29) is 21.4 Å². The lowest BCUT2D eigenvalue weighted by Gasteiger charge is -2.39. The molecule has 2 amide bonds. The molecule has 2 unspecified atom stereocenters. The maximum atomic E-state index is 15.3. The number of ether oxygens (including phenoxy) is 3. The SMILES string of the molecule is CC(C)(C)OC(=O)Nc1sc2c(F)cnc(C3=C(P)C4N=C(N5CCN(C(=O)OC(C)(C)C)CC5)NC=C4C4=C3COC4)c2c1C#N. The lowest BCUT2D eigenvalue weighted by Crippen LogP contribution is -2.54. The monoisotopic (exact) mass is 681 g/mol. The second-order valence-electron chi connectivity index (χ2n) is 13.5. The fourth-order valence-electron chi connectivity index (χ4n) is 5.89. The Balaban J connectivity index is 1.36. The molecule has 1 saturated heterocycles. The van der Waals surface area contributed by atoms with Gasteiger partial charge in [-0.15, -0.1) is 20.6 Å². The van der Waals surface area contributed by atoms with Crippen LogP contribution in [0.5, 0.6) is 0 Å². The molecule has 2 aromatic rings. The fourth-order valence-corrected chi connectivity index (χ4v) is 7.49. The van der Waals surface area contributed by atoms with Crippen molar-refractivity contribution in [3.8, 4) is 6.07 Å². The van der Waals surface area contributed by atoms with Gasteiger partial charge in [0.25, 0.3) is 0 Å². The van der Waals surface area contributed by atoms with Crippen molar-refractivity contribution in [3.63, 3.8) is 0 Å². The van der Waals surface area contributed by atoms with Gasteiger partial charge in [0.2, 0.25) is 0 Å². The molecule has 2 N–H and O–H groups in total. The Bertz CT molecular complexity index is 1840. The van der Waals surface area contributed by atoms with Crippen LogP contribution in [-0.4, -0.2) is 89.6 Å². The highest BCUT2D eigenvalue weighted by atomic mass is 32.1. The summed E-state index contributed by atoms with van der Waals surface area (Å²) >= 11 is 0.962. The van der Waals surface area contributed by atoms with Crippen molar-refractivity contribution < 1.29 is 28.2 Å². The van der Waals surface area contributed by atoms with Crippen LogP contribution in [0.15, 0.2) is 39.4 Å². The maximum Gasteiger partial charge on any atom is 0.412 e. The van der Waals surface area contributed by atoms with Crippen LogP contribution in [-0.2, 0) is 14.2 Å². The Labute approximate surface area is 278 Å². The van der Waals surface area contributed by atoms with Crippen LogP contribution < -0.4 is 10.6 Å². The Morgan fingerprint density at radius 3 is 2.47 bits per heavy atom. The van der Waals surface area contributed by atoms with Gasteiger partial charge in [0, 0.05) is 48.9 Å². The number of aromatic nitrogens is 1. The highest BCUT2D eigenvalue weighted by molar-refractivity contribution is 7.23. The molecule has 1 fully saturated rings. The molecular formula is C32H37FN7O5PS. The van der Waals surface area contributed by atoms with E-state index >= 15 is 4.39 Å². The Hall–Kier alpha value is -4.05. The minimum atomic E-state index is -0.761. The average molecular weight is 682 g/mol. The number of thiophene rings is 1. The number of guanidine groups is 1. The van der Waals surface area contributed by atoms with Crippen molar-refractivity contribution in [1.29, 1.82) is 5.26 Å². The summed E-state index contributed by atoms with van der Waals surface area (Å²) in [6.45, 7) is 13.5. The van der Waals surface area contributed by atoms with E-state index in [0.717, 1.165) is 39.6 Å². The van der Waals surface area contributed by atoms with Crippen molar-refractivity contribution in [2.24, 2.45) is 4.99 Å². The third-order valence-corrected chi connectivity index (χ3v) is 9.57. The van der Waals surface area contributed by atoms with Crippen LogP contribution in [0, 0.1) is 17.1 Å². The van der Waals surface area contributed by atoms with E-state index in [2.05, 4.69) is 35.8 Å². The van der Waals surface area contributed by atoms with Gasteiger partial charge in [-0.25, -0.2) is 19.0 Å². The Morgan fingerprint density at radius 1 is 1.13 bits per heavy atom. The summed E-state index contributed by atoms with van der Waals surface area (Å²) in [6.07, 6.45) is 2.00. The first-order valence-electron chi connectivity index (χ1n) is 15.2. The summed E-state index contributed by atoms with van der Waals surface area (Å²) in [7, 11) is 2.80. The minimum absolute atomic E-state index is 0.0999. The number of carbonyl (C=O) groups is 2. The number of rotatable bonds is 2. The van der Waals surface area contributed by atoms with Crippen LogP contribution in [0.3, 0.4) is 0 Å². The molecule has 5 heterocycles. The zero-order valence-electron chi connectivity index (χ0n) is 27.1. The highest BCUT2D eigenvalue weighted by Crippen LogP contribution is 2.49. The van der Waals surface area contributed by atoms with Crippen LogP contribution >= 0.6 is 20.6 Å². The van der Waals surface area contributed by atoms with E-state index in [1.807, 2.05) is 27.0 Å². The number of halogens is 1. The Kier molecular flexibility index (Phi) is 8.53. The van der Waals surface area contributed by atoms with E-state index in [9.17, 15) is 14.9 Å². The number of nitrogens with one attached hydrogen (secondary N) is 2. The number of hydrogen-bond donors (Lipinski definition) is 2. The third kappa shape index (κ3) is 6.44. The molecule has 0 aromatic carbocycles. The normalized spacial score (nSPS) is 19.9. The van der Waals surface area contributed by atoms with Gasteiger partial charge in [-0.3, -0.25) is 10.3 Å². The summed E-state index contributed by atoms with van der Waals surface area (Å²) in [4.78, 5) is 38.7. The van der Waals surface area contributed by atoms with E-state index < -0.39 is 29.2 Å². The zero-order valence-corrected chi connectivity index (χ0v) is 29.1. The molecule has 2 aromatic heterocycles. The molecule has 1 aliphatic carbocycles. The molecule has 0 saturated carbocycles. The summed E-state index contributed by atoms with van der Waals surface area (Å²) in [6, 6.07) is 1.75. The Morgan fingerprint density at radius 2 is 1.81 bits per heavy atom. The maximum absolute atomic E-state index is 15.3. The van der Waals surface area contributed by atoms with E-state index in [4.69, 9.17) is 19.2 Å². The number of nitriles is 1. The first kappa shape index (κ1) is 32.9. The molecule has 6 rings (SSSR count). The van der Waals surface area contributed by atoms with Gasteiger partial charge in [-0.1, -0.05) is 0 Å². The number of piperazine rings is 1. The largest absolute Gasteiger partial charge is 0.444 e. The molecule has 0 spiro atoms. The number of nitrogens with zero attached hydrogens (tertiary/aromatic N) is 5. The molecule has 15 heteroatoms. The van der Waals surface area contributed by atoms with Gasteiger partial charge in [0.1, 0.15) is 28.3 Å². The van der Waals surface area contributed by atoms with Gasteiger partial charge >= 0.3 is 12.2 Å². The van der Waals surface area contributed by atoms with Crippen molar-refractivity contribution in [1.82, 2.24) is 20.1 Å². The quantitative estimate of drug-likeness (QED) is 0.402. The van der Waals surface area contributed by atoms with Crippen LogP contribution in [0.1, 0.15) is 52.8 Å². The lowest BCUT2D eigenvalue weighted by molar-refractivity contribution is 0.0185. The molecule has 248 valence electrons. The van der Waals surface area contributed by atoms with Gasteiger partial charge in [0.05, 0.1) is 35.4 Å². The highest BCUT2D eigenvalue weighted by Gasteiger charge is 2.39. The lowest BCUT2D eigenvalue weighted by atomic mass is 9.83. The molecule has 12 nitrogen and oxygen atoms in total. The summed E-state index contributed by atoms with van der Waals surface area (Å²) < 4.78 is 32.3. The van der Waals surface area contributed by atoms with E-state index in [1.165, 1.54) is 0 Å². The van der Waals surface area contributed by atoms with Crippen molar-refractivity contribution >= 4 is 59.4 Å². The summed E-state index contributed by atoms with van der Waals surface area (Å²) in [5.41, 5.74) is 2.70. The second-order valence-corrected chi connectivity index (χ2v) is 15.2. The van der Waals surface area contributed by atoms with Gasteiger partial charge in [-0.2, -0.15) is 5.26 Å². The first-order valence-corrected chi connectivity index (χ1v) is 16.6.